The molecule has 198 valence electrons. The molecule has 1 aliphatic carbocycles. The minimum atomic E-state index is -0.703. The van der Waals surface area contributed by atoms with E-state index in [9.17, 15) is 9.59 Å². The van der Waals surface area contributed by atoms with Gasteiger partial charge in [0.05, 0.1) is 18.5 Å². The highest BCUT2D eigenvalue weighted by Crippen LogP contribution is 2.26. The molecule has 1 aromatic heterocycles. The van der Waals surface area contributed by atoms with Gasteiger partial charge in [0.1, 0.15) is 0 Å². The molecule has 0 radical (unpaired) electrons. The molecule has 1 fully saturated rings. The van der Waals surface area contributed by atoms with E-state index >= 15 is 0 Å². The Bertz CT molecular complexity index is 996. The van der Waals surface area contributed by atoms with Crippen LogP contribution >= 0.6 is 27.5 Å². The lowest BCUT2D eigenvalue weighted by Crippen LogP contribution is -2.51. The molecule has 5 nitrogen and oxygen atoms in total. The smallest absolute Gasteiger partial charge is 0.242 e. The molecule has 0 bridgehead atoms. The Morgan fingerprint density at radius 2 is 1.78 bits per heavy atom. The van der Waals surface area contributed by atoms with E-state index in [2.05, 4.69) is 76.9 Å². The summed E-state index contributed by atoms with van der Waals surface area (Å²) in [6.07, 6.45) is 7.62. The third kappa shape index (κ3) is 7.85. The number of carbonyl (C=O) groups excluding carboxylic acids is 2. The maximum absolute atomic E-state index is 13.9. The topological polar surface area (TPSA) is 45.6 Å². The zero-order valence-corrected chi connectivity index (χ0v) is 24.5. The molecule has 36 heavy (non-hydrogen) atoms. The van der Waals surface area contributed by atoms with Crippen molar-refractivity contribution in [3.63, 3.8) is 0 Å². The van der Waals surface area contributed by atoms with Crippen LogP contribution in [0.5, 0.6) is 0 Å². The summed E-state index contributed by atoms with van der Waals surface area (Å²) in [6, 6.07) is 12.7. The molecule has 0 spiro atoms. The fourth-order valence-electron chi connectivity index (χ4n) is 4.92. The molecule has 7 heteroatoms. The summed E-state index contributed by atoms with van der Waals surface area (Å²) >= 11 is 9.63. The van der Waals surface area contributed by atoms with Crippen molar-refractivity contribution in [1.82, 2.24) is 14.4 Å². The van der Waals surface area contributed by atoms with Crippen LogP contribution in [0, 0.1) is 11.3 Å². The maximum Gasteiger partial charge on any atom is 0.242 e. The average molecular weight is 579 g/mol. The molecular formula is C29H41BrClN3O2. The Kier molecular flexibility index (Phi) is 10.5. The van der Waals surface area contributed by atoms with Gasteiger partial charge in [0.2, 0.25) is 11.8 Å². The van der Waals surface area contributed by atoms with Crippen LogP contribution in [0.1, 0.15) is 71.1 Å². The molecule has 0 aliphatic heterocycles. The molecular weight excluding hydrogens is 538 g/mol. The predicted octanol–water partition coefficient (Wildman–Crippen LogP) is 6.71. The number of halogens is 2. The Balaban J connectivity index is 1.82. The van der Waals surface area contributed by atoms with Crippen LogP contribution in [0.15, 0.2) is 47.1 Å². The molecule has 3 rings (SSSR count). The lowest BCUT2D eigenvalue weighted by atomic mass is 9.93. The first-order chi connectivity index (χ1) is 17.1. The Hall–Kier alpha value is -1.79. The van der Waals surface area contributed by atoms with Gasteiger partial charge < -0.3 is 14.4 Å². The summed E-state index contributed by atoms with van der Waals surface area (Å²) in [5, 5.41) is 0. The third-order valence-electron chi connectivity index (χ3n) is 6.97. The van der Waals surface area contributed by atoms with E-state index in [0.29, 0.717) is 13.1 Å². The minimum Gasteiger partial charge on any atom is -0.345 e. The molecule has 2 aromatic rings. The van der Waals surface area contributed by atoms with E-state index in [1.54, 1.807) is 4.90 Å². The molecule has 1 aromatic carbocycles. The summed E-state index contributed by atoms with van der Waals surface area (Å²) in [4.78, 5) is 31.0. The zero-order chi connectivity index (χ0) is 26.3. The van der Waals surface area contributed by atoms with Crippen LogP contribution in [0.3, 0.4) is 0 Å². The molecule has 0 N–H and O–H groups in total. The van der Waals surface area contributed by atoms with Crippen molar-refractivity contribution in [2.75, 3.05) is 19.0 Å². The van der Waals surface area contributed by atoms with E-state index < -0.39 is 5.41 Å². The lowest BCUT2D eigenvalue weighted by molar-refractivity contribution is -0.147. The number of rotatable bonds is 11. The Morgan fingerprint density at radius 1 is 1.11 bits per heavy atom. The van der Waals surface area contributed by atoms with Crippen LogP contribution in [-0.2, 0) is 22.7 Å². The fraction of sp³-hybridized carbons (Fsp3) is 0.586. The van der Waals surface area contributed by atoms with Crippen molar-refractivity contribution in [3.05, 3.63) is 58.3 Å². The first-order valence-corrected chi connectivity index (χ1v) is 14.5. The van der Waals surface area contributed by atoms with Crippen molar-refractivity contribution in [2.45, 2.75) is 78.9 Å². The number of nitrogens with zero attached hydrogens (tertiary/aromatic N) is 3. The highest BCUT2D eigenvalue weighted by Gasteiger charge is 2.34. The van der Waals surface area contributed by atoms with Gasteiger partial charge in [-0.15, -0.1) is 11.6 Å². The van der Waals surface area contributed by atoms with Crippen LogP contribution in [-0.4, -0.2) is 51.2 Å². The van der Waals surface area contributed by atoms with Crippen molar-refractivity contribution in [1.29, 1.82) is 0 Å². The van der Waals surface area contributed by atoms with Gasteiger partial charge in [-0.3, -0.25) is 9.59 Å². The SMILES string of the molecule is CC(C)CN(CC(=O)N(Cc1cccn1Cc1ccc(Br)cc1)C1CCCCC1)C(=O)C(C)(C)CCl. The average Bonchev–Trinajstić information content (AvgIpc) is 3.29. The molecule has 0 saturated heterocycles. The molecule has 2 amide bonds. The van der Waals surface area contributed by atoms with Crippen LogP contribution in [0.4, 0.5) is 0 Å². The zero-order valence-electron chi connectivity index (χ0n) is 22.2. The first-order valence-electron chi connectivity index (χ1n) is 13.1. The molecule has 1 heterocycles. The number of hydrogen-bond donors (Lipinski definition) is 0. The van der Waals surface area contributed by atoms with Crippen molar-refractivity contribution < 1.29 is 9.59 Å². The number of amides is 2. The number of aromatic nitrogens is 1. The number of alkyl halides is 1. The second kappa shape index (κ2) is 13.1. The highest BCUT2D eigenvalue weighted by molar-refractivity contribution is 9.10. The van der Waals surface area contributed by atoms with E-state index in [-0.39, 0.29) is 36.2 Å². The summed E-state index contributed by atoms with van der Waals surface area (Å²) in [7, 11) is 0. The van der Waals surface area contributed by atoms with Gasteiger partial charge in [0.25, 0.3) is 0 Å². The lowest BCUT2D eigenvalue weighted by Gasteiger charge is -2.37. The Morgan fingerprint density at radius 3 is 2.39 bits per heavy atom. The summed E-state index contributed by atoms with van der Waals surface area (Å²) < 4.78 is 3.28. The van der Waals surface area contributed by atoms with Crippen molar-refractivity contribution in [2.24, 2.45) is 11.3 Å². The molecule has 1 aliphatic rings. The van der Waals surface area contributed by atoms with Gasteiger partial charge >= 0.3 is 0 Å². The standard InChI is InChI=1S/C29H41BrClN3O2/c1-22(2)17-33(28(36)29(3,4)21-31)20-27(35)34(25-9-6-5-7-10-25)19-26-11-8-16-32(26)18-23-12-14-24(30)15-13-23/h8,11-16,22,25H,5-7,9-10,17-21H2,1-4H3. The monoisotopic (exact) mass is 577 g/mol. The molecule has 1 saturated carbocycles. The number of hydrogen-bond acceptors (Lipinski definition) is 2. The van der Waals surface area contributed by atoms with Gasteiger partial charge in [0.15, 0.2) is 0 Å². The van der Waals surface area contributed by atoms with E-state index in [4.69, 9.17) is 11.6 Å². The third-order valence-corrected chi connectivity index (χ3v) is 8.17. The number of carbonyl (C=O) groups is 2. The minimum absolute atomic E-state index is 0.0256. The first kappa shape index (κ1) is 28.8. The highest BCUT2D eigenvalue weighted by atomic mass is 79.9. The largest absolute Gasteiger partial charge is 0.345 e. The van der Waals surface area contributed by atoms with Crippen LogP contribution in [0.2, 0.25) is 0 Å². The summed E-state index contributed by atoms with van der Waals surface area (Å²) in [5.74, 6) is 0.462. The van der Waals surface area contributed by atoms with Gasteiger partial charge in [-0.2, -0.15) is 0 Å². The van der Waals surface area contributed by atoms with Crippen molar-refractivity contribution in [3.8, 4) is 0 Å². The predicted molar refractivity (Wildman–Crippen MR) is 151 cm³/mol. The summed E-state index contributed by atoms with van der Waals surface area (Å²) in [6.45, 7) is 9.81. The second-order valence-electron chi connectivity index (χ2n) is 11.2. The number of benzene rings is 1. The van der Waals surface area contributed by atoms with Gasteiger partial charge in [-0.05, 0) is 62.4 Å². The van der Waals surface area contributed by atoms with Gasteiger partial charge in [-0.25, -0.2) is 0 Å². The van der Waals surface area contributed by atoms with E-state index in [1.807, 2.05) is 18.7 Å². The van der Waals surface area contributed by atoms with E-state index in [0.717, 1.165) is 42.4 Å². The second-order valence-corrected chi connectivity index (χ2v) is 12.3. The molecule has 0 unspecified atom stereocenters. The normalized spacial score (nSPS) is 14.8. The van der Waals surface area contributed by atoms with Crippen LogP contribution in [0.25, 0.3) is 0 Å². The fourth-order valence-corrected chi connectivity index (χ4v) is 5.30. The van der Waals surface area contributed by atoms with E-state index in [1.165, 1.54) is 12.0 Å². The van der Waals surface area contributed by atoms with Crippen molar-refractivity contribution >= 4 is 39.3 Å². The molecule has 0 atom stereocenters. The summed E-state index contributed by atoms with van der Waals surface area (Å²) in [5.41, 5.74) is 1.62. The maximum atomic E-state index is 13.9. The Labute approximate surface area is 230 Å². The van der Waals surface area contributed by atoms with Gasteiger partial charge in [0, 0.05) is 41.4 Å². The van der Waals surface area contributed by atoms with Gasteiger partial charge in [-0.1, -0.05) is 61.2 Å². The van der Waals surface area contributed by atoms with Crippen LogP contribution < -0.4 is 0 Å². The quantitative estimate of drug-likeness (QED) is 0.278.